The van der Waals surface area contributed by atoms with Crippen LogP contribution in [0.3, 0.4) is 0 Å². The zero-order valence-corrected chi connectivity index (χ0v) is 9.59. The Hall–Kier alpha value is -1.53. The molecule has 4 heteroatoms. The minimum atomic E-state index is 0.562. The summed E-state index contributed by atoms with van der Waals surface area (Å²) < 4.78 is 0. The molecule has 0 fully saturated rings. The number of halogens is 1. The lowest BCUT2D eigenvalue weighted by Crippen LogP contribution is -2.16. The van der Waals surface area contributed by atoms with E-state index < -0.39 is 0 Å². The normalized spacial score (nSPS) is 15.1. The van der Waals surface area contributed by atoms with Gasteiger partial charge in [-0.15, -0.1) is 0 Å². The highest BCUT2D eigenvalue weighted by molar-refractivity contribution is 6.33. The minimum Gasteiger partial charge on any atom is -0.343 e. The smallest absolute Gasteiger partial charge is 0.101 e. The predicted molar refractivity (Wildman–Crippen MR) is 65.9 cm³/mol. The Kier molecular flexibility index (Phi) is 3.43. The van der Waals surface area contributed by atoms with Gasteiger partial charge in [0.2, 0.25) is 0 Å². The van der Waals surface area contributed by atoms with Crippen molar-refractivity contribution in [3.8, 4) is 6.07 Å². The summed E-state index contributed by atoms with van der Waals surface area (Å²) in [5.41, 5.74) is 1.39. The maximum atomic E-state index is 8.72. The lowest BCUT2D eigenvalue weighted by Gasteiger charge is -2.14. The van der Waals surface area contributed by atoms with Crippen molar-refractivity contribution in [3.05, 3.63) is 28.8 Å². The molecule has 1 heterocycles. The molecule has 0 unspecified atom stereocenters. The molecule has 1 N–H and O–H groups in total. The van der Waals surface area contributed by atoms with Crippen LogP contribution in [0.4, 0.5) is 5.69 Å². The molecule has 0 aromatic heterocycles. The van der Waals surface area contributed by atoms with Crippen LogP contribution in [-0.2, 0) is 0 Å². The van der Waals surface area contributed by atoms with Gasteiger partial charge in [0.25, 0.3) is 0 Å². The van der Waals surface area contributed by atoms with Crippen LogP contribution in [0, 0.1) is 11.3 Å². The van der Waals surface area contributed by atoms with Gasteiger partial charge in [0.05, 0.1) is 22.3 Å². The van der Waals surface area contributed by atoms with Gasteiger partial charge in [0.15, 0.2) is 0 Å². The number of aliphatic imine (C=N–C) groups is 1. The summed E-state index contributed by atoms with van der Waals surface area (Å²) in [5, 5.41) is 12.5. The summed E-state index contributed by atoms with van der Waals surface area (Å²) in [6.45, 7) is 0.885. The molecule has 0 aliphatic carbocycles. The van der Waals surface area contributed by atoms with Crippen molar-refractivity contribution in [2.75, 3.05) is 11.9 Å². The number of hydrogen-bond donors (Lipinski definition) is 1. The molecule has 0 bridgehead atoms. The lowest BCUT2D eigenvalue weighted by atomic mass is 10.1. The summed E-state index contributed by atoms with van der Waals surface area (Å²) in [4.78, 5) is 4.39. The van der Waals surface area contributed by atoms with Crippen molar-refractivity contribution in [2.24, 2.45) is 4.99 Å². The van der Waals surface area contributed by atoms with Crippen molar-refractivity contribution < 1.29 is 0 Å². The van der Waals surface area contributed by atoms with E-state index in [0.717, 1.165) is 30.9 Å². The first-order valence-electron chi connectivity index (χ1n) is 5.29. The molecule has 2 rings (SSSR count). The van der Waals surface area contributed by atoms with Gasteiger partial charge < -0.3 is 5.32 Å². The minimum absolute atomic E-state index is 0.562. The molecular formula is C12H12ClN3. The average molecular weight is 234 g/mol. The molecule has 82 valence electrons. The molecule has 1 aliphatic rings. The number of nitrogens with zero attached hydrogens (tertiary/aromatic N) is 2. The molecule has 16 heavy (non-hydrogen) atoms. The van der Waals surface area contributed by atoms with Crippen LogP contribution in [0.5, 0.6) is 0 Å². The van der Waals surface area contributed by atoms with E-state index in [0.29, 0.717) is 10.6 Å². The van der Waals surface area contributed by atoms with Crippen LogP contribution >= 0.6 is 11.6 Å². The van der Waals surface area contributed by atoms with Crippen molar-refractivity contribution in [1.29, 1.82) is 5.26 Å². The molecule has 1 aromatic carbocycles. The summed E-state index contributed by atoms with van der Waals surface area (Å²) in [6, 6.07) is 7.28. The van der Waals surface area contributed by atoms with E-state index in [1.807, 2.05) is 6.07 Å². The number of benzene rings is 1. The molecule has 0 spiro atoms. The largest absolute Gasteiger partial charge is 0.343 e. The highest BCUT2D eigenvalue weighted by Gasteiger charge is 2.07. The molecule has 0 atom stereocenters. The number of anilines is 1. The van der Waals surface area contributed by atoms with Crippen LogP contribution in [0.15, 0.2) is 23.2 Å². The molecular weight excluding hydrogens is 222 g/mol. The quantitative estimate of drug-likeness (QED) is 0.810. The fraction of sp³-hybridized carbons (Fsp3) is 0.333. The van der Waals surface area contributed by atoms with Gasteiger partial charge in [-0.05, 0) is 31.0 Å². The van der Waals surface area contributed by atoms with Crippen molar-refractivity contribution >= 4 is 23.1 Å². The Bertz CT molecular complexity index is 460. The molecule has 0 saturated heterocycles. The maximum Gasteiger partial charge on any atom is 0.101 e. The van der Waals surface area contributed by atoms with E-state index in [1.54, 1.807) is 12.1 Å². The molecule has 0 radical (unpaired) electrons. The maximum absolute atomic E-state index is 8.72. The van der Waals surface area contributed by atoms with Gasteiger partial charge in [-0.2, -0.15) is 5.26 Å². The Morgan fingerprint density at radius 3 is 2.88 bits per heavy atom. The lowest BCUT2D eigenvalue weighted by molar-refractivity contribution is 0.737. The highest BCUT2D eigenvalue weighted by Crippen LogP contribution is 2.23. The third-order valence-corrected chi connectivity index (χ3v) is 2.81. The van der Waals surface area contributed by atoms with Gasteiger partial charge in [-0.3, -0.25) is 4.99 Å². The second kappa shape index (κ2) is 5.00. The number of nitrogens with one attached hydrogen (secondary N) is 1. The molecule has 1 aliphatic heterocycles. The summed E-state index contributed by atoms with van der Waals surface area (Å²) >= 11 is 6.06. The Labute approximate surface area is 99.8 Å². The Morgan fingerprint density at radius 1 is 1.38 bits per heavy atom. The monoisotopic (exact) mass is 233 g/mol. The van der Waals surface area contributed by atoms with Crippen LogP contribution < -0.4 is 5.32 Å². The fourth-order valence-corrected chi connectivity index (χ4v) is 1.87. The second-order valence-corrected chi connectivity index (χ2v) is 4.12. The summed E-state index contributed by atoms with van der Waals surface area (Å²) in [7, 11) is 0. The predicted octanol–water partition coefficient (Wildman–Crippen LogP) is 3.21. The average Bonchev–Trinajstić information content (AvgIpc) is 2.33. The summed E-state index contributed by atoms with van der Waals surface area (Å²) in [5.74, 6) is 0.984. The van der Waals surface area contributed by atoms with Gasteiger partial charge in [0, 0.05) is 13.0 Å². The third kappa shape index (κ3) is 2.53. The highest BCUT2D eigenvalue weighted by atomic mass is 35.5. The Morgan fingerprint density at radius 2 is 2.25 bits per heavy atom. The van der Waals surface area contributed by atoms with Crippen LogP contribution in [0.2, 0.25) is 5.02 Å². The summed E-state index contributed by atoms with van der Waals surface area (Å²) in [6.07, 6.45) is 3.29. The topological polar surface area (TPSA) is 48.2 Å². The first kappa shape index (κ1) is 11.0. The SMILES string of the molecule is N#Cc1ccc(NC2=NCCCC2)c(Cl)c1. The van der Waals surface area contributed by atoms with Gasteiger partial charge in [-0.25, -0.2) is 0 Å². The van der Waals surface area contributed by atoms with Crippen molar-refractivity contribution in [2.45, 2.75) is 19.3 Å². The zero-order chi connectivity index (χ0) is 11.4. The van der Waals surface area contributed by atoms with E-state index in [9.17, 15) is 0 Å². The number of hydrogen-bond acceptors (Lipinski definition) is 3. The van der Waals surface area contributed by atoms with Gasteiger partial charge in [-0.1, -0.05) is 11.6 Å². The first-order chi connectivity index (χ1) is 7.79. The number of amidine groups is 1. The molecule has 1 aromatic rings. The second-order valence-electron chi connectivity index (χ2n) is 3.72. The Balaban J connectivity index is 2.15. The standard InChI is InChI=1S/C12H12ClN3/c13-10-7-9(8-14)4-5-11(10)16-12-3-1-2-6-15-12/h4-5,7H,1-3,6H2,(H,15,16). The zero-order valence-electron chi connectivity index (χ0n) is 8.83. The number of nitriles is 1. The van der Waals surface area contributed by atoms with Crippen LogP contribution in [0.1, 0.15) is 24.8 Å². The third-order valence-electron chi connectivity index (χ3n) is 2.50. The first-order valence-corrected chi connectivity index (χ1v) is 5.67. The van der Waals surface area contributed by atoms with Gasteiger partial charge in [0.1, 0.15) is 5.84 Å². The van der Waals surface area contributed by atoms with Gasteiger partial charge >= 0.3 is 0 Å². The van der Waals surface area contributed by atoms with E-state index in [4.69, 9.17) is 16.9 Å². The van der Waals surface area contributed by atoms with E-state index in [-0.39, 0.29) is 0 Å². The fourth-order valence-electron chi connectivity index (χ4n) is 1.64. The van der Waals surface area contributed by atoms with Crippen molar-refractivity contribution in [3.63, 3.8) is 0 Å². The molecule has 0 saturated carbocycles. The van der Waals surface area contributed by atoms with Crippen LogP contribution in [0.25, 0.3) is 0 Å². The van der Waals surface area contributed by atoms with Crippen molar-refractivity contribution in [1.82, 2.24) is 0 Å². The van der Waals surface area contributed by atoms with E-state index in [1.165, 1.54) is 6.42 Å². The van der Waals surface area contributed by atoms with E-state index in [2.05, 4.69) is 16.4 Å². The van der Waals surface area contributed by atoms with Crippen LogP contribution in [-0.4, -0.2) is 12.4 Å². The number of rotatable bonds is 1. The molecule has 0 amide bonds. The van der Waals surface area contributed by atoms with E-state index >= 15 is 0 Å². The molecule has 3 nitrogen and oxygen atoms in total.